The lowest BCUT2D eigenvalue weighted by Gasteiger charge is -2.36. The van der Waals surface area contributed by atoms with E-state index in [0.717, 1.165) is 33.3 Å². The number of para-hydroxylation sites is 1. The summed E-state index contributed by atoms with van der Waals surface area (Å²) in [5.74, 6) is -0.00893. The van der Waals surface area contributed by atoms with Gasteiger partial charge < -0.3 is 14.4 Å². The molecule has 1 saturated heterocycles. The average Bonchev–Trinajstić information content (AvgIpc) is 3.21. The van der Waals surface area contributed by atoms with Crippen molar-refractivity contribution in [1.82, 2.24) is 9.47 Å². The molecule has 0 atom stereocenters. The zero-order valence-corrected chi connectivity index (χ0v) is 22.5. The summed E-state index contributed by atoms with van der Waals surface area (Å²) in [7, 11) is 0. The lowest BCUT2D eigenvalue weighted by atomic mass is 10.1. The second-order valence-corrected chi connectivity index (χ2v) is 10.4. The molecule has 4 nitrogen and oxygen atoms in total. The largest absolute Gasteiger partial charge is 0.367 e. The van der Waals surface area contributed by atoms with Crippen LogP contribution in [0, 0.1) is 6.92 Å². The van der Waals surface area contributed by atoms with Crippen LogP contribution in [0.15, 0.2) is 72.8 Å². The summed E-state index contributed by atoms with van der Waals surface area (Å²) in [6.45, 7) is 4.57. The third kappa shape index (κ3) is 4.83. The Hall–Kier alpha value is -2.63. The molecule has 1 fully saturated rings. The van der Waals surface area contributed by atoms with Crippen molar-refractivity contribution in [3.63, 3.8) is 0 Å². The number of nitrogens with zero attached hydrogens (tertiary/aromatic N) is 3. The molecule has 0 unspecified atom stereocenters. The number of halogens is 4. The van der Waals surface area contributed by atoms with Gasteiger partial charge in [-0.2, -0.15) is 0 Å². The molecule has 5 rings (SSSR count). The van der Waals surface area contributed by atoms with Crippen molar-refractivity contribution in [2.24, 2.45) is 0 Å². The fourth-order valence-electron chi connectivity index (χ4n) is 4.66. The first-order valence-electron chi connectivity index (χ1n) is 11.6. The number of carbonyl (C=O) groups is 1. The first-order chi connectivity index (χ1) is 17.3. The maximum Gasteiger partial charge on any atom is 0.255 e. The third-order valence-corrected chi connectivity index (χ3v) is 7.64. The summed E-state index contributed by atoms with van der Waals surface area (Å²) >= 11 is 25.3. The van der Waals surface area contributed by atoms with Crippen molar-refractivity contribution >= 4 is 58.0 Å². The molecule has 1 aromatic heterocycles. The highest BCUT2D eigenvalue weighted by Gasteiger charge is 2.27. The topological polar surface area (TPSA) is 28.5 Å². The highest BCUT2D eigenvalue weighted by Crippen LogP contribution is 2.35. The van der Waals surface area contributed by atoms with Gasteiger partial charge in [-0.15, -0.1) is 0 Å². The quantitative estimate of drug-likeness (QED) is 0.253. The molecule has 0 spiro atoms. The van der Waals surface area contributed by atoms with Crippen LogP contribution in [0.2, 0.25) is 20.1 Å². The van der Waals surface area contributed by atoms with Gasteiger partial charge in [-0.1, -0.05) is 70.7 Å². The monoisotopic (exact) mass is 557 g/mol. The number of aromatic nitrogens is 1. The Bertz CT molecular complexity index is 1420. The van der Waals surface area contributed by atoms with E-state index < -0.39 is 0 Å². The van der Waals surface area contributed by atoms with Gasteiger partial charge in [0.15, 0.2) is 0 Å². The smallest absolute Gasteiger partial charge is 0.255 e. The summed E-state index contributed by atoms with van der Waals surface area (Å²) in [5, 5.41) is 2.42. The molecule has 1 aliphatic rings. The van der Waals surface area contributed by atoms with E-state index in [4.69, 9.17) is 46.4 Å². The maximum absolute atomic E-state index is 13.7. The molecule has 1 aliphatic heterocycles. The minimum atomic E-state index is -0.00893. The zero-order chi connectivity index (χ0) is 25.4. The molecule has 4 aromatic rings. The molecule has 8 heteroatoms. The highest BCUT2D eigenvalue weighted by atomic mass is 35.5. The Morgan fingerprint density at radius 1 is 0.722 bits per heavy atom. The number of amides is 1. The van der Waals surface area contributed by atoms with Crippen LogP contribution in [0.3, 0.4) is 0 Å². The molecule has 0 bridgehead atoms. The summed E-state index contributed by atoms with van der Waals surface area (Å²) < 4.78 is 2.01. The van der Waals surface area contributed by atoms with E-state index in [1.54, 1.807) is 12.1 Å². The molecule has 0 N–H and O–H groups in total. The van der Waals surface area contributed by atoms with Crippen LogP contribution in [-0.4, -0.2) is 41.6 Å². The van der Waals surface area contributed by atoms with Gasteiger partial charge in [0.1, 0.15) is 0 Å². The molecule has 3 aromatic carbocycles. The first-order valence-corrected chi connectivity index (χ1v) is 13.1. The van der Waals surface area contributed by atoms with Gasteiger partial charge >= 0.3 is 0 Å². The average molecular weight is 559 g/mol. The molecular weight excluding hydrogens is 536 g/mol. The van der Waals surface area contributed by atoms with Crippen LogP contribution in [-0.2, 0) is 0 Å². The van der Waals surface area contributed by atoms with E-state index in [1.807, 2.05) is 77.1 Å². The number of piperazine rings is 1. The third-order valence-electron chi connectivity index (χ3n) is 6.53. The van der Waals surface area contributed by atoms with Gasteiger partial charge in [0.05, 0.1) is 32.7 Å². The molecule has 1 amide bonds. The van der Waals surface area contributed by atoms with Gasteiger partial charge in [0.2, 0.25) is 0 Å². The minimum Gasteiger partial charge on any atom is -0.367 e. The molecule has 0 saturated carbocycles. The van der Waals surface area contributed by atoms with Crippen LogP contribution in [0.4, 0.5) is 5.69 Å². The van der Waals surface area contributed by atoms with E-state index in [9.17, 15) is 4.79 Å². The molecule has 36 heavy (non-hydrogen) atoms. The van der Waals surface area contributed by atoms with Crippen LogP contribution < -0.4 is 4.90 Å². The summed E-state index contributed by atoms with van der Waals surface area (Å²) in [5.41, 5.74) is 4.98. The summed E-state index contributed by atoms with van der Waals surface area (Å²) in [6, 6.07) is 22.7. The molecule has 0 radical (unpaired) electrons. The SMILES string of the molecule is Cc1c(C(=O)N2CCN(c3ccccc3Cl)CC2)cc(-c2ccc(Cl)cc2)n1-c1ccc(Cl)cc1Cl. The lowest BCUT2D eigenvalue weighted by Crippen LogP contribution is -2.49. The minimum absolute atomic E-state index is 0.00893. The second-order valence-electron chi connectivity index (χ2n) is 8.70. The molecule has 0 aliphatic carbocycles. The van der Waals surface area contributed by atoms with Crippen LogP contribution in [0.25, 0.3) is 16.9 Å². The Labute approximate surface area is 230 Å². The summed E-state index contributed by atoms with van der Waals surface area (Å²) in [4.78, 5) is 17.9. The Kier molecular flexibility index (Phi) is 7.23. The van der Waals surface area contributed by atoms with Gasteiger partial charge in [0, 0.05) is 41.9 Å². The van der Waals surface area contributed by atoms with E-state index >= 15 is 0 Å². The van der Waals surface area contributed by atoms with Crippen molar-refractivity contribution in [3.8, 4) is 16.9 Å². The Balaban J connectivity index is 1.49. The van der Waals surface area contributed by atoms with Gasteiger partial charge in [-0.3, -0.25) is 4.79 Å². The van der Waals surface area contributed by atoms with E-state index in [2.05, 4.69) is 4.90 Å². The van der Waals surface area contributed by atoms with Crippen molar-refractivity contribution < 1.29 is 4.79 Å². The number of hydrogen-bond donors (Lipinski definition) is 0. The standard InChI is InChI=1S/C28H23Cl4N3O/c1-18-22(28(36)34-14-12-33(13-15-34)25-5-3-2-4-23(25)31)17-27(19-6-8-20(29)9-7-19)35(18)26-11-10-21(30)16-24(26)32/h2-11,16-17H,12-15H2,1H3. The van der Waals surface area contributed by atoms with Crippen LogP contribution in [0.1, 0.15) is 16.1 Å². The maximum atomic E-state index is 13.7. The van der Waals surface area contributed by atoms with Crippen molar-refractivity contribution in [1.29, 1.82) is 0 Å². The highest BCUT2D eigenvalue weighted by molar-refractivity contribution is 6.36. The number of carbonyl (C=O) groups excluding carboxylic acids is 1. The van der Waals surface area contributed by atoms with E-state index in [-0.39, 0.29) is 5.91 Å². The lowest BCUT2D eigenvalue weighted by molar-refractivity contribution is 0.0746. The fraction of sp³-hybridized carbons (Fsp3) is 0.179. The van der Waals surface area contributed by atoms with Gasteiger partial charge in [-0.05, 0) is 61.0 Å². The molecule has 184 valence electrons. The van der Waals surface area contributed by atoms with Gasteiger partial charge in [0.25, 0.3) is 5.91 Å². The molecule has 2 heterocycles. The number of anilines is 1. The van der Waals surface area contributed by atoms with E-state index in [0.29, 0.717) is 46.8 Å². The van der Waals surface area contributed by atoms with Crippen LogP contribution >= 0.6 is 46.4 Å². The van der Waals surface area contributed by atoms with Gasteiger partial charge in [-0.25, -0.2) is 0 Å². The Morgan fingerprint density at radius 3 is 2.06 bits per heavy atom. The molecular formula is C28H23Cl4N3O. The number of rotatable bonds is 4. The van der Waals surface area contributed by atoms with Crippen LogP contribution in [0.5, 0.6) is 0 Å². The zero-order valence-electron chi connectivity index (χ0n) is 19.5. The van der Waals surface area contributed by atoms with Crippen molar-refractivity contribution in [2.75, 3.05) is 31.1 Å². The number of benzene rings is 3. The second kappa shape index (κ2) is 10.4. The first kappa shape index (κ1) is 25.0. The van der Waals surface area contributed by atoms with Crippen molar-refractivity contribution in [2.45, 2.75) is 6.92 Å². The number of hydrogen-bond acceptors (Lipinski definition) is 2. The predicted octanol–water partition coefficient (Wildman–Crippen LogP) is 8.03. The van der Waals surface area contributed by atoms with E-state index in [1.165, 1.54) is 0 Å². The fourth-order valence-corrected chi connectivity index (χ4v) is 5.53. The van der Waals surface area contributed by atoms with Crippen molar-refractivity contribution in [3.05, 3.63) is 104 Å². The Morgan fingerprint density at radius 2 is 1.39 bits per heavy atom. The summed E-state index contributed by atoms with van der Waals surface area (Å²) in [6.07, 6.45) is 0. The predicted molar refractivity (Wildman–Crippen MR) is 151 cm³/mol. The normalized spacial score (nSPS) is 13.8.